The molecule has 1 saturated heterocycles. The van der Waals surface area contributed by atoms with Gasteiger partial charge in [0.05, 0.1) is 60.4 Å². The predicted octanol–water partition coefficient (Wildman–Crippen LogP) is 4.81. The van der Waals surface area contributed by atoms with Gasteiger partial charge in [-0.25, -0.2) is 9.67 Å². The molecule has 4 aromatic rings. The maximum atomic E-state index is 13.6. The van der Waals surface area contributed by atoms with Crippen molar-refractivity contribution in [3.63, 3.8) is 0 Å². The summed E-state index contributed by atoms with van der Waals surface area (Å²) < 4.78 is 15.8. The maximum absolute atomic E-state index is 13.6. The smallest absolute Gasteiger partial charge is 0.258 e. The fraction of sp³-hybridized carbons (Fsp3) is 0.448. The van der Waals surface area contributed by atoms with E-state index in [2.05, 4.69) is 39.4 Å². The number of nitrogens with zero attached hydrogens (tertiary/aromatic N) is 5. The van der Waals surface area contributed by atoms with E-state index in [1.54, 1.807) is 6.07 Å². The molecule has 3 aliphatic rings. The molecular formula is C29H33N7O3. The third kappa shape index (κ3) is 4.73. The SMILES string of the molecule is Cc1cc2cc(n1)-c1cnn(C3CC3)c1OCCC[C@@H](C)Cn1c(nc3cc(NC4COC4)ccc31)NC2=O. The molecule has 0 spiro atoms. The van der Waals surface area contributed by atoms with Crippen LogP contribution >= 0.6 is 0 Å². The number of hydrogen-bond acceptors (Lipinski definition) is 7. The summed E-state index contributed by atoms with van der Waals surface area (Å²) in [6.45, 7) is 6.90. The van der Waals surface area contributed by atoms with E-state index in [0.717, 1.165) is 66.1 Å². The monoisotopic (exact) mass is 527 g/mol. The van der Waals surface area contributed by atoms with Gasteiger partial charge in [0.25, 0.3) is 5.91 Å². The standard InChI is InChI=1S/C29H33N7O3/c1-17-4-3-9-39-28-23(13-30-36(28)22-6-7-22)24-11-19(10-18(2)31-24)27(37)34-29-33-25-12-20(32-21-15-38-16-21)5-8-26(25)35(29)14-17/h5,8,10-13,17,21-22,32H,3-4,6-7,9,14-16H2,1-2H3,(H,33,34,37)/t17-/m1/s1. The molecule has 2 aliphatic heterocycles. The van der Waals surface area contributed by atoms with Crippen LogP contribution in [0.3, 0.4) is 0 Å². The van der Waals surface area contributed by atoms with E-state index in [4.69, 9.17) is 19.4 Å². The number of carbonyl (C=O) groups is 1. The Labute approximate surface area is 226 Å². The molecule has 1 aliphatic carbocycles. The molecule has 1 amide bonds. The van der Waals surface area contributed by atoms with Crippen molar-refractivity contribution in [3.8, 4) is 17.1 Å². The van der Waals surface area contributed by atoms with Gasteiger partial charge in [0.1, 0.15) is 0 Å². The fourth-order valence-electron chi connectivity index (χ4n) is 5.42. The van der Waals surface area contributed by atoms with Gasteiger partial charge in [0.15, 0.2) is 0 Å². The zero-order valence-electron chi connectivity index (χ0n) is 22.3. The minimum atomic E-state index is -0.220. The number of rotatable bonds is 3. The van der Waals surface area contributed by atoms with Gasteiger partial charge in [0, 0.05) is 23.5 Å². The summed E-state index contributed by atoms with van der Waals surface area (Å²) in [5.74, 6) is 1.44. The molecule has 10 heteroatoms. The van der Waals surface area contributed by atoms with Gasteiger partial charge in [-0.2, -0.15) is 5.10 Å². The molecule has 2 fully saturated rings. The summed E-state index contributed by atoms with van der Waals surface area (Å²) in [6, 6.07) is 10.5. The number of amides is 1. The first-order chi connectivity index (χ1) is 19.0. The quantitative estimate of drug-likeness (QED) is 0.394. The molecule has 202 valence electrons. The van der Waals surface area contributed by atoms with Crippen LogP contribution < -0.4 is 15.4 Å². The highest BCUT2D eigenvalue weighted by Crippen LogP contribution is 2.41. The lowest BCUT2D eigenvalue weighted by molar-refractivity contribution is 0.0211. The molecule has 3 aromatic heterocycles. The predicted molar refractivity (Wildman–Crippen MR) is 148 cm³/mol. The van der Waals surface area contributed by atoms with Crippen LogP contribution in [0.2, 0.25) is 0 Å². The lowest BCUT2D eigenvalue weighted by atomic mass is 10.1. The van der Waals surface area contributed by atoms with Crippen molar-refractivity contribution in [1.29, 1.82) is 0 Å². The van der Waals surface area contributed by atoms with Crippen molar-refractivity contribution in [2.75, 3.05) is 30.5 Å². The minimum Gasteiger partial charge on any atom is -0.477 e. The van der Waals surface area contributed by atoms with Crippen molar-refractivity contribution >= 4 is 28.6 Å². The summed E-state index contributed by atoms with van der Waals surface area (Å²) in [4.78, 5) is 23.2. The van der Waals surface area contributed by atoms with Gasteiger partial charge >= 0.3 is 0 Å². The number of aryl methyl sites for hydroxylation is 1. The van der Waals surface area contributed by atoms with Crippen LogP contribution in [-0.4, -0.2) is 56.1 Å². The van der Waals surface area contributed by atoms with E-state index in [1.165, 1.54) is 0 Å². The summed E-state index contributed by atoms with van der Waals surface area (Å²) in [6.07, 6.45) is 5.92. The highest BCUT2D eigenvalue weighted by Gasteiger charge is 2.30. The van der Waals surface area contributed by atoms with Gasteiger partial charge < -0.3 is 19.4 Å². The largest absolute Gasteiger partial charge is 0.477 e. The van der Waals surface area contributed by atoms with Crippen LogP contribution in [0.25, 0.3) is 22.3 Å². The van der Waals surface area contributed by atoms with E-state index in [0.29, 0.717) is 55.0 Å². The summed E-state index contributed by atoms with van der Waals surface area (Å²) >= 11 is 0. The summed E-state index contributed by atoms with van der Waals surface area (Å²) in [5, 5.41) is 11.2. The van der Waals surface area contributed by atoms with Crippen LogP contribution in [0, 0.1) is 12.8 Å². The summed E-state index contributed by atoms with van der Waals surface area (Å²) in [5.41, 5.74) is 5.64. The highest BCUT2D eigenvalue weighted by molar-refractivity contribution is 6.05. The summed E-state index contributed by atoms with van der Waals surface area (Å²) in [7, 11) is 0. The van der Waals surface area contributed by atoms with Crippen molar-refractivity contribution in [2.45, 2.75) is 58.2 Å². The molecule has 0 radical (unpaired) electrons. The molecule has 5 heterocycles. The Bertz CT molecular complexity index is 1550. The van der Waals surface area contributed by atoms with Crippen molar-refractivity contribution in [3.05, 3.63) is 47.8 Å². The number of carbonyl (C=O) groups excluding carboxylic acids is 1. The minimum absolute atomic E-state index is 0.220. The first kappa shape index (κ1) is 24.1. The number of fused-ring (bicyclic) bond motifs is 7. The van der Waals surface area contributed by atoms with E-state index >= 15 is 0 Å². The van der Waals surface area contributed by atoms with Crippen LogP contribution in [0.15, 0.2) is 36.5 Å². The third-order valence-corrected chi connectivity index (χ3v) is 7.69. The number of imidazole rings is 1. The molecule has 1 saturated carbocycles. The molecule has 2 N–H and O–H groups in total. The van der Waals surface area contributed by atoms with Crippen LogP contribution in [0.4, 0.5) is 11.6 Å². The van der Waals surface area contributed by atoms with E-state index in [1.807, 2.05) is 29.9 Å². The fourth-order valence-corrected chi connectivity index (χ4v) is 5.42. The molecule has 2 bridgehead atoms. The Kier molecular flexibility index (Phi) is 5.99. The van der Waals surface area contributed by atoms with Crippen LogP contribution in [-0.2, 0) is 11.3 Å². The van der Waals surface area contributed by atoms with Crippen molar-refractivity contribution < 1.29 is 14.3 Å². The Morgan fingerprint density at radius 1 is 1.10 bits per heavy atom. The van der Waals surface area contributed by atoms with Gasteiger partial charge in [-0.1, -0.05) is 6.92 Å². The topological polar surface area (TPSA) is 108 Å². The molecular weight excluding hydrogens is 494 g/mol. The van der Waals surface area contributed by atoms with E-state index in [9.17, 15) is 4.79 Å². The van der Waals surface area contributed by atoms with E-state index < -0.39 is 0 Å². The highest BCUT2D eigenvalue weighted by atomic mass is 16.5. The zero-order valence-corrected chi connectivity index (χ0v) is 22.3. The van der Waals surface area contributed by atoms with E-state index in [-0.39, 0.29) is 5.91 Å². The molecule has 7 rings (SSSR count). The first-order valence-electron chi connectivity index (χ1n) is 13.9. The average molecular weight is 528 g/mol. The Morgan fingerprint density at radius 3 is 2.77 bits per heavy atom. The van der Waals surface area contributed by atoms with Gasteiger partial charge in [-0.3, -0.25) is 15.1 Å². The Morgan fingerprint density at radius 2 is 1.97 bits per heavy atom. The molecule has 10 nitrogen and oxygen atoms in total. The second-order valence-corrected chi connectivity index (χ2v) is 11.1. The third-order valence-electron chi connectivity index (χ3n) is 7.69. The number of benzene rings is 1. The maximum Gasteiger partial charge on any atom is 0.258 e. The lowest BCUT2D eigenvalue weighted by Gasteiger charge is -2.27. The molecule has 0 unspecified atom stereocenters. The van der Waals surface area contributed by atoms with Gasteiger partial charge in [0.2, 0.25) is 11.8 Å². The Hall–Kier alpha value is -3.92. The van der Waals surface area contributed by atoms with Gasteiger partial charge in [-0.15, -0.1) is 0 Å². The zero-order chi connectivity index (χ0) is 26.5. The Balaban J connectivity index is 1.27. The molecule has 1 atom stereocenters. The molecule has 1 aromatic carbocycles. The van der Waals surface area contributed by atoms with Crippen molar-refractivity contribution in [2.24, 2.45) is 5.92 Å². The number of hydrogen-bond donors (Lipinski definition) is 2. The number of ether oxygens (including phenoxy) is 2. The average Bonchev–Trinajstić information content (AvgIpc) is 3.57. The number of anilines is 2. The normalized spacial score (nSPS) is 20.2. The number of aromatic nitrogens is 5. The second-order valence-electron chi connectivity index (χ2n) is 11.1. The molecule has 39 heavy (non-hydrogen) atoms. The number of pyridine rings is 1. The van der Waals surface area contributed by atoms with Crippen LogP contribution in [0.1, 0.15) is 54.7 Å². The van der Waals surface area contributed by atoms with Gasteiger partial charge in [-0.05, 0) is 68.9 Å². The second kappa shape index (κ2) is 9.68. The number of nitrogens with one attached hydrogen (secondary N) is 2. The van der Waals surface area contributed by atoms with Crippen LogP contribution in [0.5, 0.6) is 5.88 Å². The first-order valence-corrected chi connectivity index (χ1v) is 13.9. The lowest BCUT2D eigenvalue weighted by Crippen LogP contribution is -2.40. The van der Waals surface area contributed by atoms with Crippen molar-refractivity contribution in [1.82, 2.24) is 24.3 Å².